The lowest BCUT2D eigenvalue weighted by Gasteiger charge is -2.31. The molecule has 3 rings (SSSR count). The number of nitrogens with two attached hydrogens (primary N) is 2. The van der Waals surface area contributed by atoms with Crippen LogP contribution in [0, 0.1) is 17.2 Å². The first-order valence-corrected chi connectivity index (χ1v) is 12.0. The number of hydrogen-bond donors (Lipinski definition) is 4. The Hall–Kier alpha value is -3.11. The van der Waals surface area contributed by atoms with Crippen LogP contribution in [0.25, 0.3) is 0 Å². The average Bonchev–Trinajstić information content (AvgIpc) is 2.85. The molecule has 1 aliphatic heterocycles. The lowest BCUT2D eigenvalue weighted by Crippen LogP contribution is -2.38. The maximum atomic E-state index is 12.1. The van der Waals surface area contributed by atoms with E-state index in [1.165, 1.54) is 37.5 Å². The fourth-order valence-electron chi connectivity index (χ4n) is 3.73. The Kier molecular flexibility index (Phi) is 13.3. The summed E-state index contributed by atoms with van der Waals surface area (Å²) in [6.45, 7) is 10.2. The second-order valence-electron chi connectivity index (χ2n) is 8.47. The second-order valence-corrected chi connectivity index (χ2v) is 8.87. The molecule has 8 heteroatoms. The summed E-state index contributed by atoms with van der Waals surface area (Å²) in [6.07, 6.45) is 11.5. The van der Waals surface area contributed by atoms with Crippen molar-refractivity contribution in [2.24, 2.45) is 17.4 Å². The number of phenolic OH excluding ortho intramolecular Hbond substituents is 1. The molecule has 1 saturated carbocycles. The van der Waals surface area contributed by atoms with E-state index in [1.807, 2.05) is 6.07 Å². The summed E-state index contributed by atoms with van der Waals surface area (Å²) in [7, 11) is 0. The lowest BCUT2D eigenvalue weighted by atomic mass is 9.95. The van der Waals surface area contributed by atoms with Gasteiger partial charge in [-0.1, -0.05) is 37.8 Å². The zero-order valence-electron chi connectivity index (χ0n) is 20.1. The SMILES string of the molecule is C=C.CC1CCN(/C(N)=C/C=C(\N)C(=O)NC2CCCCC2)CC1.N#Cc1ccc(O)cc1Cl. The first kappa shape index (κ1) is 28.9. The fourth-order valence-corrected chi connectivity index (χ4v) is 3.95. The van der Waals surface area contributed by atoms with E-state index in [2.05, 4.69) is 30.3 Å². The first-order valence-electron chi connectivity index (χ1n) is 11.7. The molecule has 2 fully saturated rings. The molecule has 0 aromatic heterocycles. The first-order chi connectivity index (χ1) is 16.3. The monoisotopic (exact) mass is 487 g/mol. The quantitative estimate of drug-likeness (QED) is 0.280. The highest BCUT2D eigenvalue weighted by molar-refractivity contribution is 6.31. The third kappa shape index (κ3) is 10.2. The van der Waals surface area contributed by atoms with E-state index < -0.39 is 0 Å². The zero-order valence-corrected chi connectivity index (χ0v) is 20.9. The molecule has 186 valence electrons. The number of amides is 1. The molecule has 1 aliphatic carbocycles. The summed E-state index contributed by atoms with van der Waals surface area (Å²) >= 11 is 5.55. The van der Waals surface area contributed by atoms with Gasteiger partial charge in [-0.05, 0) is 62.0 Å². The minimum atomic E-state index is -0.178. The minimum Gasteiger partial charge on any atom is -0.508 e. The van der Waals surface area contributed by atoms with Crippen LogP contribution in [0.5, 0.6) is 5.75 Å². The molecule has 0 atom stereocenters. The van der Waals surface area contributed by atoms with Gasteiger partial charge in [-0.25, -0.2) is 0 Å². The highest BCUT2D eigenvalue weighted by Gasteiger charge is 2.17. The molecular weight excluding hydrogens is 450 g/mol. The van der Waals surface area contributed by atoms with Crippen molar-refractivity contribution in [2.45, 2.75) is 57.9 Å². The van der Waals surface area contributed by atoms with Crippen molar-refractivity contribution >= 4 is 17.5 Å². The molecule has 1 aromatic carbocycles. The molecule has 6 N–H and O–H groups in total. The number of hydrogen-bond acceptors (Lipinski definition) is 6. The summed E-state index contributed by atoms with van der Waals surface area (Å²) in [6, 6.07) is 6.38. The number of piperidine rings is 1. The van der Waals surface area contributed by atoms with Crippen LogP contribution in [-0.2, 0) is 4.79 Å². The van der Waals surface area contributed by atoms with Gasteiger partial charge in [-0.3, -0.25) is 4.79 Å². The number of carbonyl (C=O) groups excluding carboxylic acids is 1. The van der Waals surface area contributed by atoms with Crippen molar-refractivity contribution in [2.75, 3.05) is 13.1 Å². The van der Waals surface area contributed by atoms with Crippen LogP contribution in [0.2, 0.25) is 5.02 Å². The van der Waals surface area contributed by atoms with Crippen LogP contribution < -0.4 is 16.8 Å². The molecule has 2 aliphatic rings. The van der Waals surface area contributed by atoms with Crippen LogP contribution in [0.15, 0.2) is 55.0 Å². The summed E-state index contributed by atoms with van der Waals surface area (Å²) in [5.41, 5.74) is 12.6. The van der Waals surface area contributed by atoms with Gasteiger partial charge in [0.15, 0.2) is 0 Å². The van der Waals surface area contributed by atoms with Gasteiger partial charge >= 0.3 is 0 Å². The Balaban J connectivity index is 0.000000402. The molecular formula is C26H38ClN5O2. The molecule has 1 amide bonds. The number of nitrogens with zero attached hydrogens (tertiary/aromatic N) is 2. The number of halogens is 1. The Bertz CT molecular complexity index is 880. The van der Waals surface area contributed by atoms with Crippen molar-refractivity contribution in [1.82, 2.24) is 10.2 Å². The van der Waals surface area contributed by atoms with Crippen molar-refractivity contribution in [1.29, 1.82) is 5.26 Å². The predicted molar refractivity (Wildman–Crippen MR) is 139 cm³/mol. The molecule has 1 saturated heterocycles. The Morgan fingerprint density at radius 3 is 2.35 bits per heavy atom. The smallest absolute Gasteiger partial charge is 0.267 e. The molecule has 1 aromatic rings. The van der Waals surface area contributed by atoms with Gasteiger partial charge in [0.2, 0.25) is 0 Å². The van der Waals surface area contributed by atoms with Crippen LogP contribution in [-0.4, -0.2) is 35.0 Å². The van der Waals surface area contributed by atoms with Crippen molar-refractivity contribution < 1.29 is 9.90 Å². The summed E-state index contributed by atoms with van der Waals surface area (Å²) in [5, 5.41) is 20.5. The maximum Gasteiger partial charge on any atom is 0.267 e. The number of rotatable bonds is 4. The van der Waals surface area contributed by atoms with Gasteiger partial charge in [0.25, 0.3) is 5.91 Å². The van der Waals surface area contributed by atoms with Gasteiger partial charge in [0, 0.05) is 19.1 Å². The topological polar surface area (TPSA) is 128 Å². The Morgan fingerprint density at radius 1 is 1.18 bits per heavy atom. The van der Waals surface area contributed by atoms with E-state index in [0.29, 0.717) is 11.4 Å². The largest absolute Gasteiger partial charge is 0.508 e. The highest BCUT2D eigenvalue weighted by atomic mass is 35.5. The van der Waals surface area contributed by atoms with Gasteiger partial charge in [-0.2, -0.15) is 5.26 Å². The third-order valence-electron chi connectivity index (χ3n) is 5.86. The van der Waals surface area contributed by atoms with E-state index in [0.717, 1.165) is 44.7 Å². The van der Waals surface area contributed by atoms with Crippen LogP contribution in [0.4, 0.5) is 0 Å². The molecule has 7 nitrogen and oxygen atoms in total. The second kappa shape index (κ2) is 15.7. The van der Waals surface area contributed by atoms with Crippen molar-refractivity contribution in [3.05, 3.63) is 65.6 Å². The average molecular weight is 488 g/mol. The molecule has 0 bridgehead atoms. The van der Waals surface area contributed by atoms with Gasteiger partial charge in [0.1, 0.15) is 11.8 Å². The van der Waals surface area contributed by atoms with Gasteiger partial charge in [0.05, 0.1) is 22.1 Å². The van der Waals surface area contributed by atoms with Crippen LogP contribution in [0.1, 0.15) is 57.4 Å². The van der Waals surface area contributed by atoms with E-state index in [4.69, 9.17) is 33.4 Å². The molecule has 0 unspecified atom stereocenters. The summed E-state index contributed by atoms with van der Waals surface area (Å²) < 4.78 is 0. The molecule has 34 heavy (non-hydrogen) atoms. The molecule has 0 spiro atoms. The molecule has 1 heterocycles. The number of nitriles is 1. The number of carbonyl (C=O) groups is 1. The van der Waals surface area contributed by atoms with Crippen LogP contribution in [0.3, 0.4) is 0 Å². The lowest BCUT2D eigenvalue weighted by molar-refractivity contribution is -0.118. The number of allylic oxidation sites excluding steroid dienone is 2. The number of aromatic hydroxyl groups is 1. The number of benzene rings is 1. The van der Waals surface area contributed by atoms with Gasteiger partial charge < -0.3 is 26.8 Å². The third-order valence-corrected chi connectivity index (χ3v) is 6.17. The van der Waals surface area contributed by atoms with Crippen molar-refractivity contribution in [3.8, 4) is 11.8 Å². The number of nitrogens with one attached hydrogen (secondary N) is 1. The van der Waals surface area contributed by atoms with E-state index in [1.54, 1.807) is 12.2 Å². The summed E-state index contributed by atoms with van der Waals surface area (Å²) in [4.78, 5) is 14.2. The maximum absolute atomic E-state index is 12.1. The van der Waals surface area contributed by atoms with Gasteiger partial charge in [-0.15, -0.1) is 13.2 Å². The van der Waals surface area contributed by atoms with E-state index in [-0.39, 0.29) is 28.4 Å². The fraction of sp³-hybridized carbons (Fsp3) is 0.462. The Morgan fingerprint density at radius 2 is 1.79 bits per heavy atom. The van der Waals surface area contributed by atoms with Crippen molar-refractivity contribution in [3.63, 3.8) is 0 Å². The zero-order chi connectivity index (χ0) is 25.5. The van der Waals surface area contributed by atoms with E-state index in [9.17, 15) is 4.79 Å². The Labute approximate surface area is 208 Å². The van der Waals surface area contributed by atoms with Crippen LogP contribution >= 0.6 is 11.6 Å². The minimum absolute atomic E-state index is 0.0731. The number of phenols is 1. The van der Waals surface area contributed by atoms with E-state index >= 15 is 0 Å². The highest BCUT2D eigenvalue weighted by Crippen LogP contribution is 2.20. The number of likely N-dealkylation sites (tertiary alicyclic amines) is 1. The predicted octanol–water partition coefficient (Wildman–Crippen LogP) is 4.53. The standard InChI is InChI=1S/C17H30N4O.C7H4ClNO.C2H4/c1-13-9-11-21(12-10-13)16(19)8-7-15(18)17(22)20-14-5-3-2-4-6-14;8-7-3-6(10)2-1-5(7)4-9;1-2/h7-8,13-14H,2-6,9-12,18-19H2,1H3,(H,20,22);1-3,10H;1-2H2/b15-7-,16-8+;;. The normalized spacial score (nSPS) is 17.4. The molecule has 0 radical (unpaired) electrons. The summed E-state index contributed by atoms with van der Waals surface area (Å²) in [5.74, 6) is 1.36.